The Hall–Kier alpha value is -3.72. The first-order chi connectivity index (χ1) is 12.6. The van der Waals surface area contributed by atoms with E-state index in [-0.39, 0.29) is 16.9 Å². The van der Waals surface area contributed by atoms with Crippen molar-refractivity contribution in [1.82, 2.24) is 4.57 Å². The van der Waals surface area contributed by atoms with Gasteiger partial charge in [0.05, 0.1) is 25.5 Å². The molecule has 0 saturated heterocycles. The third-order valence-corrected chi connectivity index (χ3v) is 4.11. The number of hydrogen-bond donors (Lipinski definition) is 1. The number of carbonyl (C=O) groups excluding carboxylic acids is 1. The van der Waals surface area contributed by atoms with Crippen LogP contribution in [0.3, 0.4) is 0 Å². The molecule has 0 amide bonds. The van der Waals surface area contributed by atoms with Crippen molar-refractivity contribution in [2.24, 2.45) is 0 Å². The van der Waals surface area contributed by atoms with Crippen LogP contribution in [0.1, 0.15) is 16.1 Å². The average Bonchev–Trinajstić information content (AvgIpc) is 3.03. The number of hydrogen-bond acceptors (Lipinski definition) is 5. The van der Waals surface area contributed by atoms with Crippen molar-refractivity contribution in [1.29, 1.82) is 5.26 Å². The van der Waals surface area contributed by atoms with E-state index < -0.39 is 5.97 Å². The van der Waals surface area contributed by atoms with Crippen LogP contribution in [0.15, 0.2) is 54.7 Å². The van der Waals surface area contributed by atoms with E-state index in [0.29, 0.717) is 5.69 Å². The van der Waals surface area contributed by atoms with Crippen molar-refractivity contribution >= 4 is 11.7 Å². The molecule has 0 aliphatic rings. The minimum Gasteiger partial charge on any atom is -0.496 e. The molecule has 6 nitrogen and oxygen atoms in total. The molecule has 1 heterocycles. The SMILES string of the molecule is COC(=O)c1c(N)c(C#N)cn1-c1ccc(-c2ccccc2OC)cc1. The van der Waals surface area contributed by atoms with Gasteiger partial charge in [-0.05, 0) is 23.8 Å². The molecule has 0 saturated carbocycles. The highest BCUT2D eigenvalue weighted by Crippen LogP contribution is 2.31. The molecular formula is C20H17N3O3. The Balaban J connectivity index is 2.07. The Morgan fingerprint density at radius 3 is 2.42 bits per heavy atom. The first-order valence-corrected chi connectivity index (χ1v) is 7.83. The van der Waals surface area contributed by atoms with Gasteiger partial charge in [-0.3, -0.25) is 0 Å². The smallest absolute Gasteiger partial charge is 0.357 e. The number of nitrogens with zero attached hydrogens (tertiary/aromatic N) is 2. The molecule has 0 aliphatic heterocycles. The van der Waals surface area contributed by atoms with Crippen molar-refractivity contribution in [3.05, 3.63) is 66.0 Å². The largest absolute Gasteiger partial charge is 0.496 e. The van der Waals surface area contributed by atoms with Gasteiger partial charge in [-0.15, -0.1) is 0 Å². The highest BCUT2D eigenvalue weighted by Gasteiger charge is 2.21. The van der Waals surface area contributed by atoms with Crippen LogP contribution in [0.25, 0.3) is 16.8 Å². The summed E-state index contributed by atoms with van der Waals surface area (Å²) in [6, 6.07) is 17.2. The summed E-state index contributed by atoms with van der Waals surface area (Å²) in [4.78, 5) is 12.1. The van der Waals surface area contributed by atoms with Gasteiger partial charge in [-0.25, -0.2) is 4.79 Å². The van der Waals surface area contributed by atoms with Crippen molar-refractivity contribution in [3.63, 3.8) is 0 Å². The second-order valence-corrected chi connectivity index (χ2v) is 5.53. The summed E-state index contributed by atoms with van der Waals surface area (Å²) in [5.74, 6) is 0.172. The summed E-state index contributed by atoms with van der Waals surface area (Å²) < 4.78 is 11.8. The Kier molecular flexibility index (Phi) is 4.63. The number of nitrogen functional groups attached to an aromatic ring is 1. The van der Waals surface area contributed by atoms with Crippen LogP contribution < -0.4 is 10.5 Å². The molecular weight excluding hydrogens is 330 g/mol. The Morgan fingerprint density at radius 1 is 1.12 bits per heavy atom. The Bertz CT molecular complexity index is 998. The topological polar surface area (TPSA) is 90.3 Å². The van der Waals surface area contributed by atoms with Crippen LogP contribution in [0.5, 0.6) is 5.75 Å². The van der Waals surface area contributed by atoms with Gasteiger partial charge in [0.1, 0.15) is 11.8 Å². The molecule has 26 heavy (non-hydrogen) atoms. The van der Waals surface area contributed by atoms with Crippen LogP contribution in [0, 0.1) is 11.3 Å². The molecule has 0 atom stereocenters. The summed E-state index contributed by atoms with van der Waals surface area (Å²) in [6.45, 7) is 0. The zero-order valence-corrected chi connectivity index (χ0v) is 14.4. The minimum absolute atomic E-state index is 0.105. The molecule has 0 aliphatic carbocycles. The number of anilines is 1. The molecule has 2 N–H and O–H groups in total. The molecule has 3 rings (SSSR count). The van der Waals surface area contributed by atoms with Gasteiger partial charge in [-0.1, -0.05) is 30.3 Å². The van der Waals surface area contributed by atoms with E-state index in [9.17, 15) is 10.1 Å². The summed E-state index contributed by atoms with van der Waals surface area (Å²) in [6.07, 6.45) is 1.53. The zero-order chi connectivity index (χ0) is 18.7. The standard InChI is InChI=1S/C20H17N3O3/c1-25-17-6-4-3-5-16(17)13-7-9-15(10-8-13)23-12-14(11-21)18(22)19(23)20(24)26-2/h3-10,12H,22H2,1-2H3. The van der Waals surface area contributed by atoms with Gasteiger partial charge in [0.25, 0.3) is 0 Å². The van der Waals surface area contributed by atoms with Crippen LogP contribution in [0.2, 0.25) is 0 Å². The second kappa shape index (κ2) is 7.03. The molecule has 0 fully saturated rings. The fourth-order valence-electron chi connectivity index (χ4n) is 2.80. The van der Waals surface area contributed by atoms with E-state index in [0.717, 1.165) is 16.9 Å². The van der Waals surface area contributed by atoms with Crippen molar-refractivity contribution in [2.75, 3.05) is 20.0 Å². The third-order valence-electron chi connectivity index (χ3n) is 4.11. The maximum absolute atomic E-state index is 12.1. The number of nitriles is 1. The van der Waals surface area contributed by atoms with Gasteiger partial charge in [0, 0.05) is 17.4 Å². The number of para-hydroxylation sites is 1. The number of methoxy groups -OCH3 is 2. The third kappa shape index (κ3) is 2.87. The molecule has 0 radical (unpaired) electrons. The molecule has 2 aromatic carbocycles. The lowest BCUT2D eigenvalue weighted by Gasteiger charge is -2.11. The quantitative estimate of drug-likeness (QED) is 0.731. The van der Waals surface area contributed by atoms with Gasteiger partial charge in [0.2, 0.25) is 0 Å². The number of ether oxygens (including phenoxy) is 2. The maximum atomic E-state index is 12.1. The van der Waals surface area contributed by atoms with E-state index in [1.807, 2.05) is 54.6 Å². The minimum atomic E-state index is -0.599. The summed E-state index contributed by atoms with van der Waals surface area (Å²) >= 11 is 0. The van der Waals surface area contributed by atoms with E-state index in [1.165, 1.54) is 13.3 Å². The van der Waals surface area contributed by atoms with Crippen molar-refractivity contribution in [3.8, 4) is 28.6 Å². The van der Waals surface area contributed by atoms with Gasteiger partial charge in [0.15, 0.2) is 5.69 Å². The van der Waals surface area contributed by atoms with Crippen molar-refractivity contribution < 1.29 is 14.3 Å². The molecule has 6 heteroatoms. The van der Waals surface area contributed by atoms with Crippen LogP contribution in [-0.4, -0.2) is 24.8 Å². The molecule has 0 bridgehead atoms. The van der Waals surface area contributed by atoms with E-state index in [2.05, 4.69) is 0 Å². The van der Waals surface area contributed by atoms with Crippen LogP contribution in [-0.2, 0) is 4.74 Å². The second-order valence-electron chi connectivity index (χ2n) is 5.53. The van der Waals surface area contributed by atoms with E-state index in [4.69, 9.17) is 15.2 Å². The first kappa shape index (κ1) is 17.1. The number of aromatic nitrogens is 1. The Morgan fingerprint density at radius 2 is 1.81 bits per heavy atom. The lowest BCUT2D eigenvalue weighted by molar-refractivity contribution is 0.0593. The van der Waals surface area contributed by atoms with Crippen LogP contribution >= 0.6 is 0 Å². The molecule has 0 unspecified atom stereocenters. The predicted molar refractivity (Wildman–Crippen MR) is 98.2 cm³/mol. The lowest BCUT2D eigenvalue weighted by atomic mass is 10.0. The number of nitrogens with two attached hydrogens (primary N) is 1. The van der Waals surface area contributed by atoms with Gasteiger partial charge in [-0.2, -0.15) is 5.26 Å². The zero-order valence-electron chi connectivity index (χ0n) is 14.4. The van der Waals surface area contributed by atoms with Gasteiger partial charge >= 0.3 is 5.97 Å². The number of esters is 1. The van der Waals surface area contributed by atoms with E-state index >= 15 is 0 Å². The highest BCUT2D eigenvalue weighted by molar-refractivity contribution is 5.96. The normalized spacial score (nSPS) is 10.2. The lowest BCUT2D eigenvalue weighted by Crippen LogP contribution is -2.11. The molecule has 3 aromatic rings. The molecule has 1 aromatic heterocycles. The highest BCUT2D eigenvalue weighted by atomic mass is 16.5. The number of rotatable bonds is 4. The van der Waals surface area contributed by atoms with E-state index in [1.54, 1.807) is 11.7 Å². The fraction of sp³-hybridized carbons (Fsp3) is 0.100. The monoisotopic (exact) mass is 347 g/mol. The predicted octanol–water partition coefficient (Wildman–Crippen LogP) is 3.39. The molecule has 130 valence electrons. The Labute approximate surface area is 151 Å². The fourth-order valence-corrected chi connectivity index (χ4v) is 2.80. The average molecular weight is 347 g/mol. The summed E-state index contributed by atoms with van der Waals surface area (Å²) in [5, 5.41) is 9.20. The molecule has 0 spiro atoms. The van der Waals surface area contributed by atoms with Crippen molar-refractivity contribution in [2.45, 2.75) is 0 Å². The summed E-state index contributed by atoms with van der Waals surface area (Å²) in [7, 11) is 2.90. The summed E-state index contributed by atoms with van der Waals surface area (Å²) in [5.41, 5.74) is 9.00. The first-order valence-electron chi connectivity index (χ1n) is 7.83. The van der Waals surface area contributed by atoms with Crippen LogP contribution in [0.4, 0.5) is 5.69 Å². The number of carbonyl (C=O) groups is 1. The maximum Gasteiger partial charge on any atom is 0.357 e. The number of benzene rings is 2. The van der Waals surface area contributed by atoms with Gasteiger partial charge < -0.3 is 19.8 Å².